The summed E-state index contributed by atoms with van der Waals surface area (Å²) < 4.78 is 15.4. The van der Waals surface area contributed by atoms with Crippen LogP contribution in [0.15, 0.2) is 34.7 Å². The second kappa shape index (κ2) is 9.17. The number of amides is 1. The number of hydrogen-bond acceptors (Lipinski definition) is 6. The van der Waals surface area contributed by atoms with Crippen molar-refractivity contribution in [1.82, 2.24) is 5.32 Å². The SMILES string of the molecule is COC(=O)c1cc(CSCC(=O)NCc2ccccc2OC)oc1C. The molecule has 2 aromatic rings. The zero-order valence-corrected chi connectivity index (χ0v) is 15.3. The molecule has 0 bridgehead atoms. The van der Waals surface area contributed by atoms with E-state index in [2.05, 4.69) is 10.1 Å². The number of rotatable bonds is 8. The lowest BCUT2D eigenvalue weighted by Crippen LogP contribution is -2.24. The number of aryl methyl sites for hydroxylation is 1. The zero-order valence-electron chi connectivity index (χ0n) is 14.5. The summed E-state index contributed by atoms with van der Waals surface area (Å²) in [7, 11) is 2.93. The Labute approximate surface area is 150 Å². The molecule has 0 saturated carbocycles. The van der Waals surface area contributed by atoms with Gasteiger partial charge in [0.25, 0.3) is 0 Å². The minimum absolute atomic E-state index is 0.0765. The molecular weight excluding hydrogens is 342 g/mol. The van der Waals surface area contributed by atoms with Crippen molar-refractivity contribution in [1.29, 1.82) is 0 Å². The third-order valence-corrected chi connectivity index (χ3v) is 4.48. The average molecular weight is 363 g/mol. The van der Waals surface area contributed by atoms with E-state index in [1.54, 1.807) is 20.1 Å². The highest BCUT2D eigenvalue weighted by atomic mass is 32.2. The summed E-state index contributed by atoms with van der Waals surface area (Å²) in [6.45, 7) is 2.12. The fourth-order valence-corrected chi connectivity index (χ4v) is 3.00. The van der Waals surface area contributed by atoms with Crippen LogP contribution in [-0.4, -0.2) is 31.8 Å². The zero-order chi connectivity index (χ0) is 18.2. The van der Waals surface area contributed by atoms with Crippen molar-refractivity contribution >= 4 is 23.6 Å². The van der Waals surface area contributed by atoms with Crippen LogP contribution in [-0.2, 0) is 21.8 Å². The maximum absolute atomic E-state index is 12.0. The van der Waals surface area contributed by atoms with Crippen molar-refractivity contribution < 1.29 is 23.5 Å². The van der Waals surface area contributed by atoms with Crippen LogP contribution < -0.4 is 10.1 Å². The van der Waals surface area contributed by atoms with Gasteiger partial charge in [0.05, 0.1) is 25.7 Å². The van der Waals surface area contributed by atoms with Crippen molar-refractivity contribution in [3.63, 3.8) is 0 Å². The second-order valence-corrected chi connectivity index (χ2v) is 6.24. The van der Waals surface area contributed by atoms with Gasteiger partial charge in [0, 0.05) is 12.1 Å². The molecule has 134 valence electrons. The summed E-state index contributed by atoms with van der Waals surface area (Å²) >= 11 is 1.41. The molecule has 1 N–H and O–H groups in total. The number of carbonyl (C=O) groups excluding carboxylic acids is 2. The molecule has 0 radical (unpaired) electrons. The highest BCUT2D eigenvalue weighted by Crippen LogP contribution is 2.20. The highest BCUT2D eigenvalue weighted by Gasteiger charge is 2.15. The highest BCUT2D eigenvalue weighted by molar-refractivity contribution is 7.99. The van der Waals surface area contributed by atoms with Gasteiger partial charge in [-0.05, 0) is 19.1 Å². The van der Waals surface area contributed by atoms with Crippen molar-refractivity contribution in [3.8, 4) is 5.75 Å². The van der Waals surface area contributed by atoms with Crippen LogP contribution in [0.25, 0.3) is 0 Å². The number of nitrogens with one attached hydrogen (secondary N) is 1. The molecular formula is C18H21NO5S. The topological polar surface area (TPSA) is 77.8 Å². The summed E-state index contributed by atoms with van der Waals surface area (Å²) in [4.78, 5) is 23.5. The fourth-order valence-electron chi connectivity index (χ4n) is 2.27. The van der Waals surface area contributed by atoms with Gasteiger partial charge in [-0.2, -0.15) is 0 Å². The van der Waals surface area contributed by atoms with E-state index in [0.29, 0.717) is 35.1 Å². The van der Waals surface area contributed by atoms with Gasteiger partial charge in [0.1, 0.15) is 22.8 Å². The Morgan fingerprint density at radius 2 is 2.00 bits per heavy atom. The molecule has 2 rings (SSSR count). The van der Waals surface area contributed by atoms with Crippen LogP contribution in [0.2, 0.25) is 0 Å². The van der Waals surface area contributed by atoms with Crippen LogP contribution in [0.5, 0.6) is 5.75 Å². The summed E-state index contributed by atoms with van der Waals surface area (Å²) in [5.41, 5.74) is 1.34. The van der Waals surface area contributed by atoms with Gasteiger partial charge >= 0.3 is 5.97 Å². The third kappa shape index (κ3) is 5.29. The number of thioether (sulfide) groups is 1. The smallest absolute Gasteiger partial charge is 0.341 e. The number of carbonyl (C=O) groups is 2. The summed E-state index contributed by atoms with van der Waals surface area (Å²) in [5.74, 6) is 2.20. The lowest BCUT2D eigenvalue weighted by Gasteiger charge is -2.09. The van der Waals surface area contributed by atoms with Gasteiger partial charge in [-0.15, -0.1) is 11.8 Å². The molecule has 0 atom stereocenters. The Morgan fingerprint density at radius 3 is 2.72 bits per heavy atom. The van der Waals surface area contributed by atoms with Gasteiger partial charge in [-0.25, -0.2) is 4.79 Å². The Morgan fingerprint density at radius 1 is 1.24 bits per heavy atom. The Bertz CT molecular complexity index is 741. The fraction of sp³-hybridized carbons (Fsp3) is 0.333. The Balaban J connectivity index is 1.78. The number of benzene rings is 1. The molecule has 0 saturated heterocycles. The maximum atomic E-state index is 12.0. The van der Waals surface area contributed by atoms with Crippen LogP contribution in [0.1, 0.15) is 27.4 Å². The monoisotopic (exact) mass is 363 g/mol. The largest absolute Gasteiger partial charge is 0.496 e. The van der Waals surface area contributed by atoms with Crippen molar-refractivity contribution in [2.24, 2.45) is 0 Å². The number of methoxy groups -OCH3 is 2. The molecule has 0 unspecified atom stereocenters. The van der Waals surface area contributed by atoms with Crippen molar-refractivity contribution in [2.45, 2.75) is 19.2 Å². The van der Waals surface area contributed by atoms with Gasteiger partial charge in [0.15, 0.2) is 0 Å². The van der Waals surface area contributed by atoms with Crippen LogP contribution >= 0.6 is 11.8 Å². The number of ether oxygens (including phenoxy) is 2. The minimum atomic E-state index is -0.424. The van der Waals surface area contributed by atoms with Gasteiger partial charge < -0.3 is 19.2 Å². The van der Waals surface area contributed by atoms with E-state index in [1.165, 1.54) is 18.9 Å². The minimum Gasteiger partial charge on any atom is -0.496 e. The first-order valence-electron chi connectivity index (χ1n) is 7.69. The molecule has 0 aliphatic heterocycles. The third-order valence-electron chi connectivity index (χ3n) is 3.52. The predicted octanol–water partition coefficient (Wildman–Crippen LogP) is 2.93. The summed E-state index contributed by atoms with van der Waals surface area (Å²) in [5, 5.41) is 2.86. The standard InChI is InChI=1S/C18H21NO5S/c1-12-15(18(21)23-3)8-14(24-12)10-25-11-17(20)19-9-13-6-4-5-7-16(13)22-2/h4-8H,9-11H2,1-3H3,(H,19,20). The second-order valence-electron chi connectivity index (χ2n) is 5.26. The molecule has 1 aromatic heterocycles. The van der Waals surface area contributed by atoms with E-state index in [4.69, 9.17) is 9.15 Å². The van der Waals surface area contributed by atoms with E-state index in [1.807, 2.05) is 24.3 Å². The first-order valence-corrected chi connectivity index (χ1v) is 8.84. The quantitative estimate of drug-likeness (QED) is 0.727. The van der Waals surface area contributed by atoms with E-state index in [9.17, 15) is 9.59 Å². The summed E-state index contributed by atoms with van der Waals surface area (Å²) in [6, 6.07) is 9.20. The first kappa shape index (κ1) is 18.9. The number of para-hydroxylation sites is 1. The van der Waals surface area contributed by atoms with Crippen LogP contribution in [0.4, 0.5) is 0 Å². The number of hydrogen-bond donors (Lipinski definition) is 1. The van der Waals surface area contributed by atoms with Gasteiger partial charge in [-0.1, -0.05) is 18.2 Å². The van der Waals surface area contributed by atoms with E-state index >= 15 is 0 Å². The molecule has 1 aromatic carbocycles. The van der Waals surface area contributed by atoms with Crippen LogP contribution in [0.3, 0.4) is 0 Å². The number of esters is 1. The predicted molar refractivity (Wildman–Crippen MR) is 95.8 cm³/mol. The Kier molecular flexibility index (Phi) is 6.94. The van der Waals surface area contributed by atoms with Crippen LogP contribution in [0, 0.1) is 6.92 Å². The van der Waals surface area contributed by atoms with Crippen molar-refractivity contribution in [2.75, 3.05) is 20.0 Å². The van der Waals surface area contributed by atoms with E-state index in [0.717, 1.165) is 11.3 Å². The lowest BCUT2D eigenvalue weighted by atomic mass is 10.2. The van der Waals surface area contributed by atoms with Gasteiger partial charge in [-0.3, -0.25) is 4.79 Å². The summed E-state index contributed by atoms with van der Waals surface area (Å²) in [6.07, 6.45) is 0. The molecule has 0 fully saturated rings. The average Bonchev–Trinajstić information content (AvgIpc) is 3.00. The Hall–Kier alpha value is -2.41. The molecule has 0 aliphatic carbocycles. The van der Waals surface area contributed by atoms with Crippen molar-refractivity contribution in [3.05, 3.63) is 53.0 Å². The normalized spacial score (nSPS) is 10.4. The molecule has 7 heteroatoms. The molecule has 1 amide bonds. The molecule has 25 heavy (non-hydrogen) atoms. The lowest BCUT2D eigenvalue weighted by molar-refractivity contribution is -0.118. The molecule has 0 aliphatic rings. The maximum Gasteiger partial charge on any atom is 0.341 e. The number of furan rings is 1. The molecule has 1 heterocycles. The van der Waals surface area contributed by atoms with E-state index in [-0.39, 0.29) is 5.91 Å². The molecule has 6 nitrogen and oxygen atoms in total. The first-order chi connectivity index (χ1) is 12.0. The van der Waals surface area contributed by atoms with E-state index < -0.39 is 5.97 Å². The van der Waals surface area contributed by atoms with Gasteiger partial charge in [0.2, 0.25) is 5.91 Å². The molecule has 0 spiro atoms.